The van der Waals surface area contributed by atoms with Crippen LogP contribution in [0.1, 0.15) is 24.8 Å². The Bertz CT molecular complexity index is 502. The number of halogens is 1. The van der Waals surface area contributed by atoms with E-state index < -0.39 is 0 Å². The fourth-order valence-electron chi connectivity index (χ4n) is 2.10. The summed E-state index contributed by atoms with van der Waals surface area (Å²) < 4.78 is 2.59. The number of benzene rings is 1. The molecule has 1 aliphatic carbocycles. The van der Waals surface area contributed by atoms with Crippen molar-refractivity contribution >= 4 is 37.4 Å². The zero-order valence-electron chi connectivity index (χ0n) is 9.00. The van der Waals surface area contributed by atoms with E-state index in [9.17, 15) is 0 Å². The van der Waals surface area contributed by atoms with Crippen molar-refractivity contribution in [2.75, 3.05) is 0 Å². The minimum Gasteiger partial charge on any atom is -0.310 e. The predicted octanol–water partition coefficient (Wildman–Crippen LogP) is 4.31. The number of hydrogen-bond donors (Lipinski definition) is 1. The Morgan fingerprint density at radius 1 is 1.38 bits per heavy atom. The molecule has 0 aliphatic heterocycles. The van der Waals surface area contributed by atoms with Gasteiger partial charge in [-0.1, -0.05) is 28.4 Å². The molecule has 0 radical (unpaired) electrons. The molecular formula is C13H14BrNS. The Labute approximate surface area is 108 Å². The fourth-order valence-corrected chi connectivity index (χ4v) is 3.84. The highest BCUT2D eigenvalue weighted by atomic mass is 79.9. The molecule has 0 spiro atoms. The summed E-state index contributed by atoms with van der Waals surface area (Å²) in [6.45, 7) is 1.01. The van der Waals surface area contributed by atoms with E-state index in [0.29, 0.717) is 0 Å². The molecule has 1 N–H and O–H groups in total. The summed E-state index contributed by atoms with van der Waals surface area (Å²) in [5, 5.41) is 7.29. The van der Waals surface area contributed by atoms with Gasteiger partial charge < -0.3 is 5.32 Å². The molecule has 1 aromatic carbocycles. The molecule has 1 aliphatic rings. The molecule has 16 heavy (non-hydrogen) atoms. The second kappa shape index (κ2) is 4.47. The fraction of sp³-hybridized carbons (Fsp3) is 0.385. The summed E-state index contributed by atoms with van der Waals surface area (Å²) >= 11 is 5.48. The molecule has 3 rings (SSSR count). The van der Waals surface area contributed by atoms with E-state index in [2.05, 4.69) is 44.8 Å². The van der Waals surface area contributed by atoms with Gasteiger partial charge in [0, 0.05) is 27.1 Å². The molecule has 0 amide bonds. The van der Waals surface area contributed by atoms with Crippen molar-refractivity contribution in [3.63, 3.8) is 0 Å². The molecule has 84 valence electrons. The number of thiophene rings is 1. The van der Waals surface area contributed by atoms with Crippen molar-refractivity contribution in [1.82, 2.24) is 5.32 Å². The van der Waals surface area contributed by atoms with E-state index in [-0.39, 0.29) is 0 Å². The van der Waals surface area contributed by atoms with E-state index in [0.717, 1.165) is 12.6 Å². The number of hydrogen-bond acceptors (Lipinski definition) is 2. The molecule has 2 aromatic rings. The highest BCUT2D eigenvalue weighted by molar-refractivity contribution is 9.10. The average molecular weight is 296 g/mol. The second-order valence-corrected chi connectivity index (χ2v) is 6.15. The summed E-state index contributed by atoms with van der Waals surface area (Å²) in [4.78, 5) is 0. The van der Waals surface area contributed by atoms with Gasteiger partial charge in [0.2, 0.25) is 0 Å². The highest BCUT2D eigenvalue weighted by Gasteiger charge is 2.17. The van der Waals surface area contributed by atoms with Crippen molar-refractivity contribution < 1.29 is 0 Å². The van der Waals surface area contributed by atoms with Gasteiger partial charge in [-0.3, -0.25) is 0 Å². The first-order valence-electron chi connectivity index (χ1n) is 5.72. The van der Waals surface area contributed by atoms with Crippen molar-refractivity contribution in [1.29, 1.82) is 0 Å². The van der Waals surface area contributed by atoms with Crippen molar-refractivity contribution in [2.24, 2.45) is 0 Å². The summed E-state index contributed by atoms with van der Waals surface area (Å²) in [6.07, 6.45) is 4.10. The van der Waals surface area contributed by atoms with E-state index in [1.807, 2.05) is 11.3 Å². The monoisotopic (exact) mass is 295 g/mol. The van der Waals surface area contributed by atoms with Crippen molar-refractivity contribution in [3.8, 4) is 0 Å². The van der Waals surface area contributed by atoms with E-state index in [1.54, 1.807) is 0 Å². The Kier molecular flexibility index (Phi) is 3.01. The molecule has 1 saturated carbocycles. The third-order valence-electron chi connectivity index (χ3n) is 3.31. The minimum atomic E-state index is 0.762. The van der Waals surface area contributed by atoms with E-state index in [1.165, 1.54) is 39.4 Å². The summed E-state index contributed by atoms with van der Waals surface area (Å²) in [5.41, 5.74) is 1.43. The summed E-state index contributed by atoms with van der Waals surface area (Å²) in [5.74, 6) is 0. The zero-order valence-corrected chi connectivity index (χ0v) is 11.4. The lowest BCUT2D eigenvalue weighted by Gasteiger charge is -2.26. The van der Waals surface area contributed by atoms with Gasteiger partial charge in [-0.05, 0) is 35.9 Å². The Morgan fingerprint density at radius 2 is 2.25 bits per heavy atom. The first-order valence-corrected chi connectivity index (χ1v) is 7.40. The van der Waals surface area contributed by atoms with Crippen LogP contribution in [0.3, 0.4) is 0 Å². The first kappa shape index (κ1) is 10.8. The standard InChI is InChI=1S/C13H14BrNS/c14-11-5-2-6-12-13(11)9(8-16-12)7-15-10-3-1-4-10/h2,5-6,8,10,15H,1,3-4,7H2. The minimum absolute atomic E-state index is 0.762. The molecule has 1 fully saturated rings. The highest BCUT2D eigenvalue weighted by Crippen LogP contribution is 2.32. The maximum Gasteiger partial charge on any atom is 0.0357 e. The molecule has 3 heteroatoms. The quantitative estimate of drug-likeness (QED) is 0.890. The molecule has 0 atom stereocenters. The first-order chi connectivity index (χ1) is 7.84. The van der Waals surface area contributed by atoms with Gasteiger partial charge in [0.1, 0.15) is 0 Å². The second-order valence-electron chi connectivity index (χ2n) is 4.38. The lowest BCUT2D eigenvalue weighted by atomic mass is 9.93. The summed E-state index contributed by atoms with van der Waals surface area (Å²) in [7, 11) is 0. The topological polar surface area (TPSA) is 12.0 Å². The molecule has 1 nitrogen and oxygen atoms in total. The van der Waals surface area contributed by atoms with Crippen LogP contribution in [0.15, 0.2) is 28.1 Å². The number of rotatable bonds is 3. The van der Waals surface area contributed by atoms with E-state index >= 15 is 0 Å². The van der Waals surface area contributed by atoms with Crippen LogP contribution in [0, 0.1) is 0 Å². The van der Waals surface area contributed by atoms with Crippen LogP contribution in [0.25, 0.3) is 10.1 Å². The van der Waals surface area contributed by atoms with Crippen molar-refractivity contribution in [3.05, 3.63) is 33.6 Å². The zero-order chi connectivity index (χ0) is 11.0. The van der Waals surface area contributed by atoms with Crippen LogP contribution < -0.4 is 5.32 Å². The smallest absolute Gasteiger partial charge is 0.0357 e. The van der Waals surface area contributed by atoms with Crippen LogP contribution in [0.4, 0.5) is 0 Å². The van der Waals surface area contributed by atoms with Gasteiger partial charge >= 0.3 is 0 Å². The van der Waals surface area contributed by atoms with Crippen LogP contribution in [-0.2, 0) is 6.54 Å². The normalized spacial score (nSPS) is 16.6. The largest absolute Gasteiger partial charge is 0.310 e. The molecule has 0 bridgehead atoms. The van der Waals surface area contributed by atoms with Crippen LogP contribution >= 0.6 is 27.3 Å². The number of nitrogens with one attached hydrogen (secondary N) is 1. The molecule has 1 aromatic heterocycles. The lowest BCUT2D eigenvalue weighted by molar-refractivity contribution is 0.339. The average Bonchev–Trinajstić information content (AvgIpc) is 2.61. The van der Waals surface area contributed by atoms with Gasteiger partial charge in [-0.2, -0.15) is 0 Å². The van der Waals surface area contributed by atoms with Crippen molar-refractivity contribution in [2.45, 2.75) is 31.8 Å². The third kappa shape index (κ3) is 1.92. The maximum atomic E-state index is 3.64. The third-order valence-corrected chi connectivity index (χ3v) is 4.97. The SMILES string of the molecule is Brc1cccc2scc(CNC3CCC3)c12. The predicted molar refractivity (Wildman–Crippen MR) is 74.0 cm³/mol. The van der Waals surface area contributed by atoms with E-state index in [4.69, 9.17) is 0 Å². The lowest BCUT2D eigenvalue weighted by Crippen LogP contribution is -2.34. The molecular weight excluding hydrogens is 282 g/mol. The van der Waals surface area contributed by atoms with Gasteiger partial charge in [-0.25, -0.2) is 0 Å². The van der Waals surface area contributed by atoms with Gasteiger partial charge in [0.25, 0.3) is 0 Å². The Hall–Kier alpha value is -0.380. The van der Waals surface area contributed by atoms with Crippen LogP contribution in [0.2, 0.25) is 0 Å². The van der Waals surface area contributed by atoms with Crippen LogP contribution in [0.5, 0.6) is 0 Å². The Balaban J connectivity index is 1.85. The summed E-state index contributed by atoms with van der Waals surface area (Å²) in [6, 6.07) is 7.18. The van der Waals surface area contributed by atoms with Gasteiger partial charge in [0.05, 0.1) is 0 Å². The Morgan fingerprint density at radius 3 is 3.00 bits per heavy atom. The van der Waals surface area contributed by atoms with Gasteiger partial charge in [0.15, 0.2) is 0 Å². The maximum absolute atomic E-state index is 3.64. The molecule has 1 heterocycles. The molecule has 0 unspecified atom stereocenters. The number of fused-ring (bicyclic) bond motifs is 1. The molecule has 0 saturated heterocycles. The van der Waals surface area contributed by atoms with Gasteiger partial charge in [-0.15, -0.1) is 11.3 Å². The van der Waals surface area contributed by atoms with Crippen LogP contribution in [-0.4, -0.2) is 6.04 Å².